The first-order valence-corrected chi connectivity index (χ1v) is 14.0. The maximum absolute atomic E-state index is 14.6. The zero-order valence-electron chi connectivity index (χ0n) is 17.3. The van der Waals surface area contributed by atoms with Gasteiger partial charge in [0.2, 0.25) is 0 Å². The Labute approximate surface area is 206 Å². The number of aromatic nitrogens is 1. The third kappa shape index (κ3) is 4.26. The second kappa shape index (κ2) is 9.12. The minimum Gasteiger partial charge on any atom is -0.348 e. The van der Waals surface area contributed by atoms with Crippen LogP contribution in [0.5, 0.6) is 0 Å². The average Bonchev–Trinajstić information content (AvgIpc) is 3.24. The fraction of sp³-hybridized carbons (Fsp3) is 0.318. The Morgan fingerprint density at radius 2 is 1.84 bits per heavy atom. The maximum Gasteiger partial charge on any atom is 0.185 e. The molecule has 0 unspecified atom stereocenters. The van der Waals surface area contributed by atoms with E-state index in [9.17, 15) is 17.2 Å². The number of aryl methyl sites for hydroxylation is 1. The molecule has 0 saturated carbocycles. The lowest BCUT2D eigenvalue weighted by Crippen LogP contribution is -2.39. The van der Waals surface area contributed by atoms with Crippen molar-refractivity contribution < 1.29 is 17.2 Å². The van der Waals surface area contributed by atoms with Crippen LogP contribution in [-0.2, 0) is 9.84 Å². The molecule has 10 heteroatoms. The number of hydrogen-bond donors (Lipinski definition) is 0. The molecule has 0 aliphatic carbocycles. The number of rotatable bonds is 4. The molecule has 0 radical (unpaired) electrons. The summed E-state index contributed by atoms with van der Waals surface area (Å²) in [6.45, 7) is 5.08. The lowest BCUT2D eigenvalue weighted by molar-refractivity contribution is 0.512. The zero-order chi connectivity index (χ0) is 23.2. The molecular formula is C22H20Br2F2N2O2S2. The molecule has 1 fully saturated rings. The minimum absolute atomic E-state index is 0.212. The number of piperidine rings is 1. The number of benzene rings is 2. The average molecular weight is 606 g/mol. The van der Waals surface area contributed by atoms with Gasteiger partial charge in [0, 0.05) is 24.0 Å². The highest BCUT2D eigenvalue weighted by Crippen LogP contribution is 2.38. The molecule has 3 aromatic rings. The Kier molecular flexibility index (Phi) is 6.78. The van der Waals surface area contributed by atoms with Crippen molar-refractivity contribution in [2.45, 2.75) is 36.8 Å². The van der Waals surface area contributed by atoms with E-state index in [1.807, 2.05) is 17.5 Å². The molecule has 0 bridgehead atoms. The van der Waals surface area contributed by atoms with E-state index in [0.29, 0.717) is 25.9 Å². The first kappa shape index (κ1) is 23.8. The fourth-order valence-corrected chi connectivity index (χ4v) is 8.13. The van der Waals surface area contributed by atoms with Crippen molar-refractivity contribution >= 4 is 58.2 Å². The highest BCUT2D eigenvalue weighted by Gasteiger charge is 2.37. The summed E-state index contributed by atoms with van der Waals surface area (Å²) in [7, 11) is -4.06. The summed E-state index contributed by atoms with van der Waals surface area (Å²) in [6.07, 6.45) is 0.613. The van der Waals surface area contributed by atoms with Crippen LogP contribution in [0.15, 0.2) is 43.5 Å². The van der Waals surface area contributed by atoms with Crippen LogP contribution in [0.4, 0.5) is 13.9 Å². The zero-order valence-corrected chi connectivity index (χ0v) is 22.1. The normalized spacial score (nSPS) is 15.4. The van der Waals surface area contributed by atoms with Gasteiger partial charge in [-0.15, -0.1) is 11.3 Å². The summed E-state index contributed by atoms with van der Waals surface area (Å²) >= 11 is 7.34. The quantitative estimate of drug-likeness (QED) is 0.312. The van der Waals surface area contributed by atoms with Crippen molar-refractivity contribution in [1.82, 2.24) is 4.98 Å². The Morgan fingerprint density at radius 1 is 1.16 bits per heavy atom. The van der Waals surface area contributed by atoms with Gasteiger partial charge in [-0.25, -0.2) is 22.2 Å². The second-order valence-corrected chi connectivity index (χ2v) is 12.4. The van der Waals surface area contributed by atoms with E-state index in [4.69, 9.17) is 4.98 Å². The topological polar surface area (TPSA) is 50.3 Å². The van der Waals surface area contributed by atoms with Crippen molar-refractivity contribution in [2.24, 2.45) is 0 Å². The predicted molar refractivity (Wildman–Crippen MR) is 131 cm³/mol. The number of nitrogens with zero attached hydrogens (tertiary/aromatic N) is 2. The number of thiazole rings is 1. The van der Waals surface area contributed by atoms with Gasteiger partial charge in [0.1, 0.15) is 10.7 Å². The molecule has 2 heterocycles. The third-order valence-electron chi connectivity index (χ3n) is 5.88. The summed E-state index contributed by atoms with van der Waals surface area (Å²) < 4.78 is 54.4. The van der Waals surface area contributed by atoms with E-state index in [1.165, 1.54) is 22.5 Å². The molecule has 1 saturated heterocycles. The van der Waals surface area contributed by atoms with E-state index < -0.39 is 31.6 Å². The van der Waals surface area contributed by atoms with Gasteiger partial charge in [-0.3, -0.25) is 0 Å². The van der Waals surface area contributed by atoms with E-state index in [-0.39, 0.29) is 8.95 Å². The highest BCUT2D eigenvalue weighted by molar-refractivity contribution is 9.11. The molecule has 0 atom stereocenters. The van der Waals surface area contributed by atoms with Crippen molar-refractivity contribution in [3.63, 3.8) is 0 Å². The van der Waals surface area contributed by atoms with Crippen LogP contribution in [-0.4, -0.2) is 31.7 Å². The fourth-order valence-electron chi connectivity index (χ4n) is 3.89. The van der Waals surface area contributed by atoms with Crippen LogP contribution in [0.2, 0.25) is 0 Å². The molecular weight excluding hydrogens is 586 g/mol. The van der Waals surface area contributed by atoms with Crippen LogP contribution >= 0.6 is 43.2 Å². The number of halogens is 4. The second-order valence-electron chi connectivity index (χ2n) is 7.79. The Morgan fingerprint density at radius 3 is 2.53 bits per heavy atom. The summed E-state index contributed by atoms with van der Waals surface area (Å²) in [4.78, 5) is 6.21. The molecule has 0 amide bonds. The van der Waals surface area contributed by atoms with Gasteiger partial charge < -0.3 is 4.90 Å². The van der Waals surface area contributed by atoms with Gasteiger partial charge in [0.05, 0.1) is 19.9 Å². The molecule has 170 valence electrons. The van der Waals surface area contributed by atoms with Gasteiger partial charge in [0.15, 0.2) is 20.8 Å². The molecule has 0 spiro atoms. The summed E-state index contributed by atoms with van der Waals surface area (Å²) in [5.41, 5.74) is 4.37. The van der Waals surface area contributed by atoms with Gasteiger partial charge >= 0.3 is 0 Å². The molecule has 1 aliphatic heterocycles. The first-order chi connectivity index (χ1) is 15.1. The highest BCUT2D eigenvalue weighted by atomic mass is 79.9. The number of hydrogen-bond acceptors (Lipinski definition) is 5. The SMILES string of the molecule is Cc1cccc(-c2csc(N3CCC(S(=O)(=O)c4c(F)c(Br)cc(F)c4Br)CC3)n2)c1C. The van der Waals surface area contributed by atoms with Crippen molar-refractivity contribution in [3.8, 4) is 11.3 Å². The molecule has 4 rings (SSSR count). The van der Waals surface area contributed by atoms with Gasteiger partial charge in [-0.05, 0) is 75.7 Å². The van der Waals surface area contributed by atoms with E-state index in [2.05, 4.69) is 56.7 Å². The Hall–Kier alpha value is -1.36. The van der Waals surface area contributed by atoms with E-state index in [0.717, 1.165) is 22.5 Å². The summed E-state index contributed by atoms with van der Waals surface area (Å²) in [5, 5.41) is 2.05. The molecule has 1 aromatic heterocycles. The molecule has 2 aromatic carbocycles. The van der Waals surface area contributed by atoms with Crippen LogP contribution in [0, 0.1) is 25.5 Å². The van der Waals surface area contributed by atoms with Crippen LogP contribution < -0.4 is 4.90 Å². The van der Waals surface area contributed by atoms with Gasteiger partial charge in [0.25, 0.3) is 0 Å². The van der Waals surface area contributed by atoms with Crippen LogP contribution in [0.3, 0.4) is 0 Å². The number of anilines is 1. The standard InChI is InChI=1S/C22H20Br2F2N2O2S2/c1-12-4-3-5-15(13(12)2)18-11-31-22(27-18)28-8-6-14(7-9-28)32(29,30)21-19(24)17(25)10-16(23)20(21)26/h3-5,10-11,14H,6-9H2,1-2H3. The monoisotopic (exact) mass is 604 g/mol. The maximum atomic E-state index is 14.6. The van der Waals surface area contributed by atoms with Crippen LogP contribution in [0.25, 0.3) is 11.3 Å². The molecule has 4 nitrogen and oxygen atoms in total. The predicted octanol–water partition coefficient (Wildman–Crippen LogP) is 6.67. The Bertz CT molecular complexity index is 1260. The third-order valence-corrected chi connectivity index (χ3v) is 10.7. The van der Waals surface area contributed by atoms with E-state index >= 15 is 0 Å². The first-order valence-electron chi connectivity index (χ1n) is 9.95. The van der Waals surface area contributed by atoms with E-state index in [1.54, 1.807) is 0 Å². The smallest absolute Gasteiger partial charge is 0.185 e. The van der Waals surface area contributed by atoms with Crippen molar-refractivity contribution in [3.05, 3.63) is 61.4 Å². The van der Waals surface area contributed by atoms with Crippen molar-refractivity contribution in [2.75, 3.05) is 18.0 Å². The number of sulfone groups is 1. The molecule has 32 heavy (non-hydrogen) atoms. The lowest BCUT2D eigenvalue weighted by atomic mass is 10.0. The van der Waals surface area contributed by atoms with Crippen molar-refractivity contribution in [1.29, 1.82) is 0 Å². The Balaban J connectivity index is 1.53. The van der Waals surface area contributed by atoms with Gasteiger partial charge in [-0.2, -0.15) is 0 Å². The summed E-state index contributed by atoms with van der Waals surface area (Å²) in [5.74, 6) is -1.80. The molecule has 1 aliphatic rings. The largest absolute Gasteiger partial charge is 0.348 e. The van der Waals surface area contributed by atoms with Crippen LogP contribution in [0.1, 0.15) is 24.0 Å². The minimum atomic E-state index is -4.06. The molecule has 0 N–H and O–H groups in total. The summed E-state index contributed by atoms with van der Waals surface area (Å²) in [6, 6.07) is 7.03. The van der Waals surface area contributed by atoms with Gasteiger partial charge in [-0.1, -0.05) is 18.2 Å². The lowest BCUT2D eigenvalue weighted by Gasteiger charge is -2.31.